The van der Waals surface area contributed by atoms with Crippen molar-refractivity contribution in [1.29, 1.82) is 5.26 Å². The van der Waals surface area contributed by atoms with E-state index >= 15 is 0 Å². The van der Waals surface area contributed by atoms with Crippen LogP contribution in [0.3, 0.4) is 0 Å². The topological polar surface area (TPSA) is 27.0 Å². The van der Waals surface area contributed by atoms with Crippen molar-refractivity contribution in [1.82, 2.24) is 0 Å². The predicted octanol–water partition coefficient (Wildman–Crippen LogP) is 2.50. The van der Waals surface area contributed by atoms with E-state index < -0.39 is 0 Å². The van der Waals surface area contributed by atoms with Gasteiger partial charge in [-0.2, -0.15) is 17.0 Å². The lowest BCUT2D eigenvalue weighted by Gasteiger charge is -2.19. The van der Waals surface area contributed by atoms with Gasteiger partial charge in [0.15, 0.2) is 0 Å². The zero-order valence-electron chi connectivity index (χ0n) is 8.83. The van der Waals surface area contributed by atoms with Crippen LogP contribution >= 0.6 is 11.8 Å². The smallest absolute Gasteiger partial charge is 0.124 e. The number of halogens is 1. The highest BCUT2D eigenvalue weighted by molar-refractivity contribution is 7.98. The van der Waals surface area contributed by atoms with Crippen LogP contribution in [0.2, 0.25) is 0 Å². The lowest BCUT2D eigenvalue weighted by molar-refractivity contribution is 0.627. The Bertz CT molecular complexity index is 373. The molecule has 80 valence electrons. The van der Waals surface area contributed by atoms with E-state index in [9.17, 15) is 4.39 Å². The van der Waals surface area contributed by atoms with E-state index in [1.165, 1.54) is 12.1 Å². The summed E-state index contributed by atoms with van der Waals surface area (Å²) < 4.78 is 12.9. The molecule has 0 heterocycles. The molecule has 0 radical (unpaired) electrons. The molecule has 0 saturated carbocycles. The van der Waals surface area contributed by atoms with E-state index in [-0.39, 0.29) is 5.82 Å². The molecule has 0 fully saturated rings. The van der Waals surface area contributed by atoms with Crippen molar-refractivity contribution in [2.45, 2.75) is 0 Å². The third-order valence-corrected chi connectivity index (χ3v) is 2.71. The summed E-state index contributed by atoms with van der Waals surface area (Å²) in [6.07, 6.45) is 2.03. The molecule has 0 amide bonds. The van der Waals surface area contributed by atoms with Gasteiger partial charge in [0.1, 0.15) is 11.9 Å². The van der Waals surface area contributed by atoms with Crippen molar-refractivity contribution in [3.05, 3.63) is 29.6 Å². The van der Waals surface area contributed by atoms with Gasteiger partial charge in [0, 0.05) is 19.3 Å². The van der Waals surface area contributed by atoms with E-state index in [0.29, 0.717) is 5.56 Å². The Hall–Kier alpha value is -1.21. The van der Waals surface area contributed by atoms with Crippen LogP contribution in [-0.4, -0.2) is 25.6 Å². The number of rotatable bonds is 4. The number of hydrogen-bond acceptors (Lipinski definition) is 3. The molecule has 0 aliphatic heterocycles. The molecule has 0 bridgehead atoms. The van der Waals surface area contributed by atoms with E-state index in [2.05, 4.69) is 0 Å². The SMILES string of the molecule is CSCCN(C)c1ccc(F)cc1C#N. The molecule has 0 aliphatic carbocycles. The third kappa shape index (κ3) is 3.14. The molecule has 0 unspecified atom stereocenters. The highest BCUT2D eigenvalue weighted by Crippen LogP contribution is 2.19. The third-order valence-electron chi connectivity index (χ3n) is 2.12. The van der Waals surface area contributed by atoms with Crippen LogP contribution in [0, 0.1) is 17.1 Å². The highest BCUT2D eigenvalue weighted by atomic mass is 32.2. The second-order valence-electron chi connectivity index (χ2n) is 3.19. The first kappa shape index (κ1) is 11.9. The minimum Gasteiger partial charge on any atom is -0.373 e. The molecule has 0 N–H and O–H groups in total. The summed E-state index contributed by atoms with van der Waals surface area (Å²) in [5.74, 6) is 0.618. The first-order valence-corrected chi connectivity index (χ1v) is 5.98. The van der Waals surface area contributed by atoms with Gasteiger partial charge in [-0.15, -0.1) is 0 Å². The summed E-state index contributed by atoms with van der Waals surface area (Å²) >= 11 is 1.74. The van der Waals surface area contributed by atoms with Gasteiger partial charge in [-0.25, -0.2) is 4.39 Å². The van der Waals surface area contributed by atoms with Crippen LogP contribution in [0.4, 0.5) is 10.1 Å². The van der Waals surface area contributed by atoms with Crippen molar-refractivity contribution >= 4 is 17.4 Å². The molecule has 0 aromatic heterocycles. The van der Waals surface area contributed by atoms with Gasteiger partial charge in [0.2, 0.25) is 0 Å². The number of hydrogen-bond donors (Lipinski definition) is 0. The van der Waals surface area contributed by atoms with Gasteiger partial charge in [-0.3, -0.25) is 0 Å². The first-order chi connectivity index (χ1) is 7.19. The molecule has 0 saturated heterocycles. The Kier molecular flexibility index (Phi) is 4.44. The Labute approximate surface area is 93.7 Å². The second-order valence-corrected chi connectivity index (χ2v) is 4.17. The summed E-state index contributed by atoms with van der Waals surface area (Å²) in [6.45, 7) is 0.849. The lowest BCUT2D eigenvalue weighted by Crippen LogP contribution is -2.21. The summed E-state index contributed by atoms with van der Waals surface area (Å²) in [5, 5.41) is 8.87. The van der Waals surface area contributed by atoms with Crippen LogP contribution < -0.4 is 4.90 Å². The molecular weight excluding hydrogens is 211 g/mol. The monoisotopic (exact) mass is 224 g/mol. The summed E-state index contributed by atoms with van der Waals surface area (Å²) in [4.78, 5) is 1.97. The largest absolute Gasteiger partial charge is 0.373 e. The predicted molar refractivity (Wildman–Crippen MR) is 62.8 cm³/mol. The molecular formula is C11H13FN2S. The molecule has 15 heavy (non-hydrogen) atoms. The van der Waals surface area contributed by atoms with Crippen LogP contribution in [0.25, 0.3) is 0 Å². The number of nitriles is 1. The zero-order chi connectivity index (χ0) is 11.3. The fourth-order valence-corrected chi connectivity index (χ4v) is 1.74. The van der Waals surface area contributed by atoms with Crippen LogP contribution in [0.5, 0.6) is 0 Å². The number of benzene rings is 1. The molecule has 1 rings (SSSR count). The van der Waals surface area contributed by atoms with Gasteiger partial charge in [0.05, 0.1) is 11.3 Å². The standard InChI is InChI=1S/C11H13FN2S/c1-14(5-6-15-2)11-4-3-10(12)7-9(11)8-13/h3-4,7H,5-6H2,1-2H3. The van der Waals surface area contributed by atoms with Crippen LogP contribution in [0.1, 0.15) is 5.56 Å². The Morgan fingerprint density at radius 3 is 2.87 bits per heavy atom. The Balaban J connectivity index is 2.89. The van der Waals surface area contributed by atoms with Crippen molar-refractivity contribution < 1.29 is 4.39 Å². The summed E-state index contributed by atoms with van der Waals surface area (Å²) in [5.41, 5.74) is 1.17. The van der Waals surface area contributed by atoms with Gasteiger partial charge in [-0.1, -0.05) is 0 Å². The van der Waals surface area contributed by atoms with Gasteiger partial charge in [0.25, 0.3) is 0 Å². The van der Waals surface area contributed by atoms with Crippen molar-refractivity contribution in [3.8, 4) is 6.07 Å². The minimum atomic E-state index is -0.367. The fourth-order valence-electron chi connectivity index (χ4n) is 1.28. The maximum atomic E-state index is 12.9. The van der Waals surface area contributed by atoms with Crippen LogP contribution in [0.15, 0.2) is 18.2 Å². The van der Waals surface area contributed by atoms with E-state index in [4.69, 9.17) is 5.26 Å². The van der Waals surface area contributed by atoms with Gasteiger partial charge in [-0.05, 0) is 24.5 Å². The zero-order valence-corrected chi connectivity index (χ0v) is 9.64. The summed E-state index contributed by atoms with van der Waals surface area (Å²) in [7, 11) is 1.91. The maximum Gasteiger partial charge on any atom is 0.124 e. The van der Waals surface area contributed by atoms with Gasteiger partial charge < -0.3 is 4.90 Å². The second kappa shape index (κ2) is 5.62. The average Bonchev–Trinajstić information content (AvgIpc) is 2.25. The molecule has 1 aromatic rings. The average molecular weight is 224 g/mol. The van der Waals surface area contributed by atoms with Crippen molar-refractivity contribution in [2.75, 3.05) is 30.5 Å². The summed E-state index contributed by atoms with van der Waals surface area (Å²) in [6, 6.07) is 6.30. The number of thioether (sulfide) groups is 1. The molecule has 0 atom stereocenters. The first-order valence-electron chi connectivity index (χ1n) is 4.58. The van der Waals surface area contributed by atoms with E-state index in [1.807, 2.05) is 24.3 Å². The van der Waals surface area contributed by atoms with Crippen molar-refractivity contribution in [3.63, 3.8) is 0 Å². The lowest BCUT2D eigenvalue weighted by atomic mass is 10.2. The van der Waals surface area contributed by atoms with Crippen molar-refractivity contribution in [2.24, 2.45) is 0 Å². The van der Waals surface area contributed by atoms with E-state index in [0.717, 1.165) is 18.0 Å². The minimum absolute atomic E-state index is 0.367. The number of nitrogens with zero attached hydrogens (tertiary/aromatic N) is 2. The molecule has 0 aliphatic rings. The highest BCUT2D eigenvalue weighted by Gasteiger charge is 2.07. The van der Waals surface area contributed by atoms with Crippen LogP contribution in [-0.2, 0) is 0 Å². The molecule has 0 spiro atoms. The Morgan fingerprint density at radius 1 is 1.53 bits per heavy atom. The normalized spacial score (nSPS) is 9.73. The van der Waals surface area contributed by atoms with Gasteiger partial charge >= 0.3 is 0 Å². The molecule has 1 aromatic carbocycles. The Morgan fingerprint density at radius 2 is 2.27 bits per heavy atom. The quantitative estimate of drug-likeness (QED) is 0.786. The molecule has 4 heteroatoms. The fraction of sp³-hybridized carbons (Fsp3) is 0.364. The van der Waals surface area contributed by atoms with E-state index in [1.54, 1.807) is 17.8 Å². The maximum absolute atomic E-state index is 12.9. The molecule has 2 nitrogen and oxygen atoms in total. The number of anilines is 1.